The molecule has 40 heavy (non-hydrogen) atoms. The van der Waals surface area contributed by atoms with Gasteiger partial charge in [0.2, 0.25) is 0 Å². The third kappa shape index (κ3) is 7.75. The summed E-state index contributed by atoms with van der Waals surface area (Å²) in [6, 6.07) is 34.1. The standard InChI is InChI=1S/C36H41NO3/c1-5-30(6-2)31-16-18-34(19-17-31)37(26(3)4)24-29-8-7-9-33(22-29)32-14-10-28(11-15-32)25-40-35-20-12-27(13-21-35)23-36(38)39/h7-22,26,30H,5-6,23-25H2,1-4H3,(H,38,39). The molecule has 0 saturated carbocycles. The van der Waals surface area contributed by atoms with Crippen molar-refractivity contribution < 1.29 is 14.6 Å². The SMILES string of the molecule is CCC(CC)c1ccc(N(Cc2cccc(-c3ccc(COc4ccc(CC(=O)O)cc4)cc3)c2)C(C)C)cc1. The van der Waals surface area contributed by atoms with Gasteiger partial charge >= 0.3 is 5.97 Å². The van der Waals surface area contributed by atoms with Gasteiger partial charge in [0.15, 0.2) is 0 Å². The fraction of sp³-hybridized carbons (Fsp3) is 0.306. The quantitative estimate of drug-likeness (QED) is 0.186. The minimum atomic E-state index is -0.835. The van der Waals surface area contributed by atoms with E-state index in [0.717, 1.165) is 23.4 Å². The number of rotatable bonds is 13. The Kier molecular flexibility index (Phi) is 10.0. The van der Waals surface area contributed by atoms with Crippen molar-refractivity contribution in [3.8, 4) is 16.9 Å². The number of hydrogen-bond acceptors (Lipinski definition) is 3. The summed E-state index contributed by atoms with van der Waals surface area (Å²) in [7, 11) is 0. The van der Waals surface area contributed by atoms with Crippen LogP contribution in [0.5, 0.6) is 5.75 Å². The van der Waals surface area contributed by atoms with Crippen LogP contribution in [0, 0.1) is 0 Å². The number of hydrogen-bond donors (Lipinski definition) is 1. The van der Waals surface area contributed by atoms with E-state index in [1.165, 1.54) is 40.8 Å². The molecular formula is C36H41NO3. The minimum Gasteiger partial charge on any atom is -0.489 e. The molecular weight excluding hydrogens is 494 g/mol. The molecule has 0 fully saturated rings. The molecule has 0 saturated heterocycles. The molecule has 0 aliphatic heterocycles. The van der Waals surface area contributed by atoms with Gasteiger partial charge in [-0.25, -0.2) is 0 Å². The monoisotopic (exact) mass is 535 g/mol. The smallest absolute Gasteiger partial charge is 0.307 e. The van der Waals surface area contributed by atoms with E-state index in [9.17, 15) is 4.79 Å². The number of carboxylic acids is 1. The predicted octanol–water partition coefficient (Wildman–Crippen LogP) is 8.88. The van der Waals surface area contributed by atoms with Gasteiger partial charge in [0.1, 0.15) is 12.4 Å². The zero-order valence-corrected chi connectivity index (χ0v) is 24.1. The first kappa shape index (κ1) is 28.9. The summed E-state index contributed by atoms with van der Waals surface area (Å²) >= 11 is 0. The van der Waals surface area contributed by atoms with Crippen LogP contribution in [0.25, 0.3) is 11.1 Å². The number of benzene rings is 4. The number of nitrogens with zero attached hydrogens (tertiary/aromatic N) is 1. The maximum atomic E-state index is 10.9. The van der Waals surface area contributed by atoms with Crippen molar-refractivity contribution in [2.75, 3.05) is 4.90 Å². The highest BCUT2D eigenvalue weighted by molar-refractivity contribution is 5.70. The Morgan fingerprint density at radius 1 is 0.775 bits per heavy atom. The van der Waals surface area contributed by atoms with Crippen molar-refractivity contribution >= 4 is 11.7 Å². The number of aliphatic carboxylic acids is 1. The summed E-state index contributed by atoms with van der Waals surface area (Å²) in [4.78, 5) is 13.3. The molecule has 0 unspecified atom stereocenters. The summed E-state index contributed by atoms with van der Waals surface area (Å²) in [5.41, 5.74) is 8.20. The molecule has 0 bridgehead atoms. The van der Waals surface area contributed by atoms with Crippen molar-refractivity contribution in [3.63, 3.8) is 0 Å². The molecule has 4 heteroatoms. The Hall–Kier alpha value is -4.05. The molecule has 0 radical (unpaired) electrons. The fourth-order valence-corrected chi connectivity index (χ4v) is 5.15. The molecule has 4 nitrogen and oxygen atoms in total. The average molecular weight is 536 g/mol. The molecule has 4 aromatic carbocycles. The van der Waals surface area contributed by atoms with E-state index in [4.69, 9.17) is 9.84 Å². The molecule has 0 heterocycles. The van der Waals surface area contributed by atoms with Crippen LogP contribution in [0.15, 0.2) is 97.1 Å². The lowest BCUT2D eigenvalue weighted by Gasteiger charge is -2.30. The van der Waals surface area contributed by atoms with Crippen LogP contribution in [0.3, 0.4) is 0 Å². The van der Waals surface area contributed by atoms with Crippen LogP contribution in [0.2, 0.25) is 0 Å². The highest BCUT2D eigenvalue weighted by Gasteiger charge is 2.14. The van der Waals surface area contributed by atoms with E-state index < -0.39 is 5.97 Å². The summed E-state index contributed by atoms with van der Waals surface area (Å²) in [6.07, 6.45) is 2.37. The van der Waals surface area contributed by atoms with E-state index in [1.807, 2.05) is 12.1 Å². The molecule has 1 N–H and O–H groups in total. The molecule has 0 spiro atoms. The van der Waals surface area contributed by atoms with E-state index in [2.05, 4.69) is 105 Å². The highest BCUT2D eigenvalue weighted by atomic mass is 16.5. The first-order chi connectivity index (χ1) is 19.4. The predicted molar refractivity (Wildman–Crippen MR) is 165 cm³/mol. The summed E-state index contributed by atoms with van der Waals surface area (Å²) in [5.74, 6) is 0.526. The van der Waals surface area contributed by atoms with E-state index >= 15 is 0 Å². The van der Waals surface area contributed by atoms with Gasteiger partial charge in [0.25, 0.3) is 0 Å². The number of carbonyl (C=O) groups is 1. The average Bonchev–Trinajstić information content (AvgIpc) is 2.97. The molecule has 0 aliphatic carbocycles. The van der Waals surface area contributed by atoms with Gasteiger partial charge in [-0.3, -0.25) is 4.79 Å². The molecule has 4 aromatic rings. The van der Waals surface area contributed by atoms with E-state index in [-0.39, 0.29) is 6.42 Å². The van der Waals surface area contributed by atoms with Gasteiger partial charge in [-0.15, -0.1) is 0 Å². The Bertz CT molecular complexity index is 1350. The van der Waals surface area contributed by atoms with Gasteiger partial charge in [-0.05, 0) is 96.3 Å². The van der Waals surface area contributed by atoms with E-state index in [1.54, 1.807) is 12.1 Å². The second kappa shape index (κ2) is 13.8. The lowest BCUT2D eigenvalue weighted by Crippen LogP contribution is -2.30. The van der Waals surface area contributed by atoms with Crippen molar-refractivity contribution in [3.05, 3.63) is 119 Å². The van der Waals surface area contributed by atoms with Crippen molar-refractivity contribution in [1.29, 1.82) is 0 Å². The van der Waals surface area contributed by atoms with Gasteiger partial charge in [-0.2, -0.15) is 0 Å². The van der Waals surface area contributed by atoms with Crippen LogP contribution in [-0.2, 0) is 24.4 Å². The minimum absolute atomic E-state index is 0.0179. The highest BCUT2D eigenvalue weighted by Crippen LogP contribution is 2.28. The number of anilines is 1. The van der Waals surface area contributed by atoms with Crippen LogP contribution in [0.1, 0.15) is 68.7 Å². The normalized spacial score (nSPS) is 11.2. The van der Waals surface area contributed by atoms with Crippen LogP contribution >= 0.6 is 0 Å². The van der Waals surface area contributed by atoms with Gasteiger partial charge in [0, 0.05) is 18.3 Å². The molecule has 4 rings (SSSR count). The lowest BCUT2D eigenvalue weighted by atomic mass is 9.94. The second-order valence-corrected chi connectivity index (χ2v) is 10.7. The Morgan fingerprint density at radius 3 is 2.02 bits per heavy atom. The van der Waals surface area contributed by atoms with E-state index in [0.29, 0.717) is 18.6 Å². The lowest BCUT2D eigenvalue weighted by molar-refractivity contribution is -0.136. The number of carboxylic acid groups (broad SMARTS) is 1. The maximum absolute atomic E-state index is 10.9. The summed E-state index contributed by atoms with van der Waals surface area (Å²) in [6.45, 7) is 10.4. The Morgan fingerprint density at radius 2 is 1.43 bits per heavy atom. The summed E-state index contributed by atoms with van der Waals surface area (Å²) < 4.78 is 5.90. The molecule has 0 atom stereocenters. The molecule has 0 amide bonds. The molecule has 208 valence electrons. The van der Waals surface area contributed by atoms with Crippen molar-refractivity contribution in [2.24, 2.45) is 0 Å². The topological polar surface area (TPSA) is 49.8 Å². The van der Waals surface area contributed by atoms with Crippen molar-refractivity contribution in [1.82, 2.24) is 0 Å². The second-order valence-electron chi connectivity index (χ2n) is 10.7. The zero-order chi connectivity index (χ0) is 28.5. The zero-order valence-electron chi connectivity index (χ0n) is 24.1. The third-order valence-electron chi connectivity index (χ3n) is 7.56. The largest absolute Gasteiger partial charge is 0.489 e. The number of ether oxygens (including phenoxy) is 1. The first-order valence-electron chi connectivity index (χ1n) is 14.3. The molecule has 0 aromatic heterocycles. The Labute approximate surface area is 239 Å². The first-order valence-corrected chi connectivity index (χ1v) is 14.3. The molecule has 0 aliphatic rings. The van der Waals surface area contributed by atoms with Gasteiger partial charge < -0.3 is 14.7 Å². The van der Waals surface area contributed by atoms with Crippen LogP contribution < -0.4 is 9.64 Å². The van der Waals surface area contributed by atoms with Crippen LogP contribution in [-0.4, -0.2) is 17.1 Å². The maximum Gasteiger partial charge on any atom is 0.307 e. The van der Waals surface area contributed by atoms with Crippen LogP contribution in [0.4, 0.5) is 5.69 Å². The van der Waals surface area contributed by atoms with Gasteiger partial charge in [-0.1, -0.05) is 80.6 Å². The van der Waals surface area contributed by atoms with Crippen molar-refractivity contribution in [2.45, 2.75) is 72.1 Å². The fourth-order valence-electron chi connectivity index (χ4n) is 5.15. The van der Waals surface area contributed by atoms with Gasteiger partial charge in [0.05, 0.1) is 6.42 Å². The summed E-state index contributed by atoms with van der Waals surface area (Å²) in [5, 5.41) is 8.92. The third-order valence-corrected chi connectivity index (χ3v) is 7.56. The Balaban J connectivity index is 1.40.